The number of hydrogen-bond donors (Lipinski definition) is 1. The smallest absolute Gasteiger partial charge is 0.323 e. The lowest BCUT2D eigenvalue weighted by atomic mass is 9.98. The Labute approximate surface area is 140 Å². The number of anilines is 1. The highest BCUT2D eigenvalue weighted by atomic mass is 16.5. The van der Waals surface area contributed by atoms with Crippen molar-refractivity contribution in [1.29, 1.82) is 0 Å². The summed E-state index contributed by atoms with van der Waals surface area (Å²) in [5.74, 6) is -0.0405. The zero-order chi connectivity index (χ0) is 16.9. The standard InChI is InChI=1S/C17H20N4O3/c1-24-16(22)13-6-5-10-20(12-13)17(23)18-15-9-11-21(19-15)14-7-3-2-4-8-14/h2-4,7-9,11,13H,5-6,10,12H2,1H3,(H,18,19,23)/t13-/m1/s1. The van der Waals surface area contributed by atoms with Crippen LogP contribution < -0.4 is 5.32 Å². The van der Waals surface area contributed by atoms with E-state index in [1.54, 1.807) is 21.8 Å². The highest BCUT2D eigenvalue weighted by Crippen LogP contribution is 2.19. The van der Waals surface area contributed by atoms with E-state index in [9.17, 15) is 9.59 Å². The van der Waals surface area contributed by atoms with Gasteiger partial charge in [-0.15, -0.1) is 5.10 Å². The number of aromatic nitrogens is 2. The first-order chi connectivity index (χ1) is 11.7. The molecule has 24 heavy (non-hydrogen) atoms. The number of amides is 2. The lowest BCUT2D eigenvalue weighted by molar-refractivity contribution is -0.146. The summed E-state index contributed by atoms with van der Waals surface area (Å²) >= 11 is 0. The van der Waals surface area contributed by atoms with E-state index >= 15 is 0 Å². The Morgan fingerprint density at radius 2 is 2.04 bits per heavy atom. The van der Waals surface area contributed by atoms with Gasteiger partial charge < -0.3 is 9.64 Å². The molecule has 1 aliphatic rings. The first-order valence-electron chi connectivity index (χ1n) is 7.92. The molecule has 2 amide bonds. The molecule has 0 spiro atoms. The Balaban J connectivity index is 1.63. The topological polar surface area (TPSA) is 76.5 Å². The van der Waals surface area contributed by atoms with E-state index in [1.807, 2.05) is 30.3 Å². The van der Waals surface area contributed by atoms with Crippen LogP contribution in [0.4, 0.5) is 10.6 Å². The molecule has 7 nitrogen and oxygen atoms in total. The number of rotatable bonds is 3. The van der Waals surface area contributed by atoms with Gasteiger partial charge in [0.05, 0.1) is 18.7 Å². The van der Waals surface area contributed by atoms with E-state index < -0.39 is 0 Å². The molecule has 1 aromatic heterocycles. The first-order valence-corrected chi connectivity index (χ1v) is 7.92. The van der Waals surface area contributed by atoms with Crippen molar-refractivity contribution < 1.29 is 14.3 Å². The number of para-hydroxylation sites is 1. The Morgan fingerprint density at radius 1 is 1.25 bits per heavy atom. The van der Waals surface area contributed by atoms with E-state index in [0.29, 0.717) is 18.9 Å². The number of hydrogen-bond acceptors (Lipinski definition) is 4. The number of urea groups is 1. The molecule has 1 aliphatic heterocycles. The van der Waals surface area contributed by atoms with Gasteiger partial charge >= 0.3 is 12.0 Å². The molecule has 0 unspecified atom stereocenters. The largest absolute Gasteiger partial charge is 0.469 e. The van der Waals surface area contributed by atoms with Gasteiger partial charge in [-0.05, 0) is 25.0 Å². The normalized spacial score (nSPS) is 17.4. The summed E-state index contributed by atoms with van der Waals surface area (Å²) in [6, 6.07) is 11.2. The number of carbonyl (C=O) groups excluding carboxylic acids is 2. The van der Waals surface area contributed by atoms with Crippen LogP contribution in [0.1, 0.15) is 12.8 Å². The number of benzene rings is 1. The van der Waals surface area contributed by atoms with Crippen molar-refractivity contribution in [2.24, 2.45) is 5.92 Å². The quantitative estimate of drug-likeness (QED) is 0.877. The summed E-state index contributed by atoms with van der Waals surface area (Å²) in [6.45, 7) is 0.997. The van der Waals surface area contributed by atoms with Crippen LogP contribution in [-0.4, -0.2) is 46.9 Å². The van der Waals surface area contributed by atoms with Crippen LogP contribution in [0.25, 0.3) is 5.69 Å². The maximum atomic E-state index is 12.4. The molecule has 1 fully saturated rings. The minimum absolute atomic E-state index is 0.248. The number of esters is 1. The highest BCUT2D eigenvalue weighted by molar-refractivity contribution is 5.88. The second-order valence-electron chi connectivity index (χ2n) is 5.72. The molecule has 2 heterocycles. The van der Waals surface area contributed by atoms with Crippen LogP contribution >= 0.6 is 0 Å². The SMILES string of the molecule is COC(=O)[C@@H]1CCCN(C(=O)Nc2ccn(-c3ccccc3)n2)C1. The van der Waals surface area contributed by atoms with Crippen LogP contribution in [0.5, 0.6) is 0 Å². The molecule has 0 radical (unpaired) electrons. The third kappa shape index (κ3) is 3.56. The lowest BCUT2D eigenvalue weighted by Crippen LogP contribution is -2.44. The number of ether oxygens (including phenoxy) is 1. The average molecular weight is 328 g/mol. The highest BCUT2D eigenvalue weighted by Gasteiger charge is 2.29. The van der Waals surface area contributed by atoms with Gasteiger partial charge in [0, 0.05) is 25.4 Å². The molecule has 0 saturated carbocycles. The number of nitrogens with one attached hydrogen (secondary N) is 1. The molecule has 0 bridgehead atoms. The summed E-state index contributed by atoms with van der Waals surface area (Å²) in [5, 5.41) is 7.13. The summed E-state index contributed by atoms with van der Waals surface area (Å²) in [6.07, 6.45) is 3.32. The number of carbonyl (C=O) groups is 2. The van der Waals surface area contributed by atoms with Crippen molar-refractivity contribution >= 4 is 17.8 Å². The molecule has 1 N–H and O–H groups in total. The summed E-state index contributed by atoms with van der Waals surface area (Å²) < 4.78 is 6.47. The fourth-order valence-electron chi connectivity index (χ4n) is 2.82. The molecule has 2 aromatic rings. The fraction of sp³-hybridized carbons (Fsp3) is 0.353. The maximum Gasteiger partial charge on any atom is 0.323 e. The van der Waals surface area contributed by atoms with E-state index in [0.717, 1.165) is 18.5 Å². The van der Waals surface area contributed by atoms with Crippen LogP contribution in [0.3, 0.4) is 0 Å². The molecule has 1 aromatic carbocycles. The molecule has 7 heteroatoms. The molecule has 0 aliphatic carbocycles. The molecule has 1 atom stereocenters. The summed E-state index contributed by atoms with van der Waals surface area (Å²) in [5.41, 5.74) is 0.918. The van der Waals surface area contributed by atoms with Crippen LogP contribution in [0.2, 0.25) is 0 Å². The maximum absolute atomic E-state index is 12.4. The van der Waals surface area contributed by atoms with Crippen LogP contribution in [0, 0.1) is 5.92 Å². The fourth-order valence-corrected chi connectivity index (χ4v) is 2.82. The van der Waals surface area contributed by atoms with Crippen molar-refractivity contribution in [2.75, 3.05) is 25.5 Å². The van der Waals surface area contributed by atoms with Crippen molar-refractivity contribution in [3.63, 3.8) is 0 Å². The number of piperidine rings is 1. The molecule has 126 valence electrons. The lowest BCUT2D eigenvalue weighted by Gasteiger charge is -2.31. The van der Waals surface area contributed by atoms with Gasteiger partial charge in [-0.3, -0.25) is 10.1 Å². The molecule has 1 saturated heterocycles. The van der Waals surface area contributed by atoms with Gasteiger partial charge in [0.2, 0.25) is 0 Å². The molecule has 3 rings (SSSR count). The van der Waals surface area contributed by atoms with Gasteiger partial charge in [0.25, 0.3) is 0 Å². The van der Waals surface area contributed by atoms with E-state index in [1.165, 1.54) is 7.11 Å². The van der Waals surface area contributed by atoms with Gasteiger partial charge in [-0.2, -0.15) is 0 Å². The number of nitrogens with zero attached hydrogens (tertiary/aromatic N) is 3. The van der Waals surface area contributed by atoms with Crippen LogP contribution in [0.15, 0.2) is 42.6 Å². The molecular weight excluding hydrogens is 308 g/mol. The Hall–Kier alpha value is -2.83. The zero-order valence-electron chi connectivity index (χ0n) is 13.5. The van der Waals surface area contributed by atoms with E-state index in [4.69, 9.17) is 4.74 Å². The van der Waals surface area contributed by atoms with Gasteiger partial charge in [-0.25, -0.2) is 9.48 Å². The van der Waals surface area contributed by atoms with E-state index in [-0.39, 0.29) is 17.9 Å². The van der Waals surface area contributed by atoms with Crippen molar-refractivity contribution in [1.82, 2.24) is 14.7 Å². The monoisotopic (exact) mass is 328 g/mol. The van der Waals surface area contributed by atoms with Gasteiger partial charge in [0.1, 0.15) is 0 Å². The summed E-state index contributed by atoms with van der Waals surface area (Å²) in [7, 11) is 1.37. The predicted octanol–water partition coefficient (Wildman–Crippen LogP) is 2.29. The first kappa shape index (κ1) is 16.0. The molecular formula is C17H20N4O3. The third-order valence-electron chi connectivity index (χ3n) is 4.09. The van der Waals surface area contributed by atoms with Crippen LogP contribution in [-0.2, 0) is 9.53 Å². The Kier molecular flexibility index (Phi) is 4.79. The van der Waals surface area contributed by atoms with E-state index in [2.05, 4.69) is 10.4 Å². The predicted molar refractivity (Wildman–Crippen MR) is 88.9 cm³/mol. The van der Waals surface area contributed by atoms with Crippen molar-refractivity contribution in [3.05, 3.63) is 42.6 Å². The van der Waals surface area contributed by atoms with Crippen molar-refractivity contribution in [2.45, 2.75) is 12.8 Å². The summed E-state index contributed by atoms with van der Waals surface area (Å²) in [4.78, 5) is 25.7. The number of methoxy groups -OCH3 is 1. The van der Waals surface area contributed by atoms with Crippen molar-refractivity contribution in [3.8, 4) is 5.69 Å². The second-order valence-corrected chi connectivity index (χ2v) is 5.72. The zero-order valence-corrected chi connectivity index (χ0v) is 13.5. The third-order valence-corrected chi connectivity index (χ3v) is 4.09. The second kappa shape index (κ2) is 7.16. The Morgan fingerprint density at radius 3 is 2.79 bits per heavy atom. The Bertz CT molecular complexity index is 714. The number of likely N-dealkylation sites (tertiary alicyclic amines) is 1. The van der Waals surface area contributed by atoms with Gasteiger partial charge in [-0.1, -0.05) is 18.2 Å². The van der Waals surface area contributed by atoms with Gasteiger partial charge in [0.15, 0.2) is 5.82 Å². The minimum Gasteiger partial charge on any atom is -0.469 e. The average Bonchev–Trinajstić information content (AvgIpc) is 3.10. The minimum atomic E-state index is -0.263.